The first kappa shape index (κ1) is 17.2. The summed E-state index contributed by atoms with van der Waals surface area (Å²) in [6.45, 7) is 7.42. The SMILES string of the molecule is CC1CN(C(=O)c2cccc(N3CCCS3(=O)=O)c2)CC(C)(C)O1. The van der Waals surface area contributed by atoms with Crippen molar-refractivity contribution in [2.45, 2.75) is 38.9 Å². The smallest absolute Gasteiger partial charge is 0.254 e. The fourth-order valence-electron chi connectivity index (χ4n) is 3.51. The van der Waals surface area contributed by atoms with Crippen LogP contribution in [-0.4, -0.2) is 56.3 Å². The minimum Gasteiger partial charge on any atom is -0.369 e. The molecule has 3 rings (SSSR count). The molecule has 1 atom stereocenters. The molecule has 0 bridgehead atoms. The third kappa shape index (κ3) is 3.42. The van der Waals surface area contributed by atoms with E-state index in [2.05, 4.69) is 0 Å². The van der Waals surface area contributed by atoms with Gasteiger partial charge in [0.05, 0.1) is 23.1 Å². The lowest BCUT2D eigenvalue weighted by atomic mass is 10.0. The fraction of sp³-hybridized carbons (Fsp3) is 0.588. The largest absolute Gasteiger partial charge is 0.369 e. The van der Waals surface area contributed by atoms with Gasteiger partial charge in [-0.3, -0.25) is 9.10 Å². The van der Waals surface area contributed by atoms with Crippen molar-refractivity contribution in [3.8, 4) is 0 Å². The summed E-state index contributed by atoms with van der Waals surface area (Å²) < 4.78 is 31.4. The summed E-state index contributed by atoms with van der Waals surface area (Å²) in [7, 11) is -3.25. The molecule has 2 aliphatic rings. The van der Waals surface area contributed by atoms with E-state index in [0.29, 0.717) is 37.3 Å². The van der Waals surface area contributed by atoms with Crippen molar-refractivity contribution in [3.05, 3.63) is 29.8 Å². The van der Waals surface area contributed by atoms with E-state index < -0.39 is 10.0 Å². The summed E-state index contributed by atoms with van der Waals surface area (Å²) >= 11 is 0. The van der Waals surface area contributed by atoms with Gasteiger partial charge in [-0.05, 0) is 45.4 Å². The van der Waals surface area contributed by atoms with Crippen molar-refractivity contribution in [2.75, 3.05) is 29.7 Å². The molecule has 24 heavy (non-hydrogen) atoms. The Bertz CT molecular complexity index is 745. The Kier molecular flexibility index (Phi) is 4.34. The summed E-state index contributed by atoms with van der Waals surface area (Å²) in [6.07, 6.45) is 0.593. The number of hydrogen-bond acceptors (Lipinski definition) is 4. The van der Waals surface area contributed by atoms with Crippen molar-refractivity contribution >= 4 is 21.6 Å². The molecular formula is C17H24N2O4S. The highest BCUT2D eigenvalue weighted by Gasteiger charge is 2.34. The Morgan fingerprint density at radius 3 is 2.71 bits per heavy atom. The Balaban J connectivity index is 1.85. The molecular weight excluding hydrogens is 328 g/mol. The number of sulfonamides is 1. The predicted octanol–water partition coefficient (Wildman–Crippen LogP) is 1.87. The number of ether oxygens (including phenoxy) is 1. The Morgan fingerprint density at radius 2 is 2.08 bits per heavy atom. The molecule has 0 radical (unpaired) electrons. The summed E-state index contributed by atoms with van der Waals surface area (Å²) in [5.41, 5.74) is 0.696. The van der Waals surface area contributed by atoms with Gasteiger partial charge in [-0.2, -0.15) is 0 Å². The molecule has 2 saturated heterocycles. The van der Waals surface area contributed by atoms with E-state index in [-0.39, 0.29) is 23.4 Å². The lowest BCUT2D eigenvalue weighted by Crippen LogP contribution is -2.53. The first-order valence-electron chi connectivity index (χ1n) is 8.25. The fourth-order valence-corrected chi connectivity index (χ4v) is 5.07. The molecule has 1 amide bonds. The highest BCUT2D eigenvalue weighted by molar-refractivity contribution is 7.93. The zero-order valence-corrected chi connectivity index (χ0v) is 15.2. The lowest BCUT2D eigenvalue weighted by Gasteiger charge is -2.41. The van der Waals surface area contributed by atoms with Gasteiger partial charge in [-0.25, -0.2) is 8.42 Å². The van der Waals surface area contributed by atoms with Crippen LogP contribution in [-0.2, 0) is 14.8 Å². The summed E-state index contributed by atoms with van der Waals surface area (Å²) in [4.78, 5) is 14.6. The van der Waals surface area contributed by atoms with E-state index in [1.54, 1.807) is 29.2 Å². The third-order valence-corrected chi connectivity index (χ3v) is 6.21. The van der Waals surface area contributed by atoms with Crippen LogP contribution >= 0.6 is 0 Å². The first-order chi connectivity index (χ1) is 11.2. The van der Waals surface area contributed by atoms with E-state index in [4.69, 9.17) is 4.74 Å². The Hall–Kier alpha value is -1.60. The Labute approximate surface area is 143 Å². The zero-order chi connectivity index (χ0) is 17.5. The van der Waals surface area contributed by atoms with Gasteiger partial charge in [-0.15, -0.1) is 0 Å². The second kappa shape index (κ2) is 6.04. The molecule has 0 saturated carbocycles. The molecule has 132 valence electrons. The minimum atomic E-state index is -3.25. The van der Waals surface area contributed by atoms with Crippen LogP contribution in [0.25, 0.3) is 0 Å². The van der Waals surface area contributed by atoms with Crippen LogP contribution in [0, 0.1) is 0 Å². The highest BCUT2D eigenvalue weighted by atomic mass is 32.2. The normalized spacial score (nSPS) is 25.7. The van der Waals surface area contributed by atoms with Crippen molar-refractivity contribution < 1.29 is 17.9 Å². The van der Waals surface area contributed by atoms with E-state index in [1.807, 2.05) is 20.8 Å². The maximum Gasteiger partial charge on any atom is 0.254 e. The van der Waals surface area contributed by atoms with Crippen molar-refractivity contribution in [1.29, 1.82) is 0 Å². The van der Waals surface area contributed by atoms with Gasteiger partial charge >= 0.3 is 0 Å². The summed E-state index contributed by atoms with van der Waals surface area (Å²) in [6, 6.07) is 6.90. The second-order valence-electron chi connectivity index (χ2n) is 7.17. The molecule has 6 nitrogen and oxygen atoms in total. The number of rotatable bonds is 2. The van der Waals surface area contributed by atoms with Gasteiger partial charge in [0.1, 0.15) is 0 Å². The molecule has 1 unspecified atom stereocenters. The number of carbonyl (C=O) groups is 1. The maximum absolute atomic E-state index is 12.9. The van der Waals surface area contributed by atoms with Crippen molar-refractivity contribution in [3.63, 3.8) is 0 Å². The van der Waals surface area contributed by atoms with Gasteiger partial charge in [0, 0.05) is 25.2 Å². The number of carbonyl (C=O) groups excluding carboxylic acids is 1. The maximum atomic E-state index is 12.9. The molecule has 2 fully saturated rings. The van der Waals surface area contributed by atoms with Crippen molar-refractivity contribution in [2.24, 2.45) is 0 Å². The number of nitrogens with zero attached hydrogens (tertiary/aromatic N) is 2. The number of anilines is 1. The molecule has 1 aromatic carbocycles. The van der Waals surface area contributed by atoms with Crippen LogP contribution in [0.5, 0.6) is 0 Å². The van der Waals surface area contributed by atoms with Crippen molar-refractivity contribution in [1.82, 2.24) is 4.90 Å². The monoisotopic (exact) mass is 352 g/mol. The quantitative estimate of drug-likeness (QED) is 0.815. The van der Waals surface area contributed by atoms with Gasteiger partial charge in [-0.1, -0.05) is 6.07 Å². The summed E-state index contributed by atoms with van der Waals surface area (Å²) in [5.74, 6) is 0.0806. The van der Waals surface area contributed by atoms with Crippen LogP contribution in [0.1, 0.15) is 37.6 Å². The zero-order valence-electron chi connectivity index (χ0n) is 14.4. The standard InChI is InChI=1S/C17H24N2O4S/c1-13-11-18(12-17(2,3)23-13)16(20)14-6-4-7-15(10-14)19-8-5-9-24(19,21)22/h4,6-7,10,13H,5,8-9,11-12H2,1-3H3. The van der Waals surface area contributed by atoms with Gasteiger partial charge in [0.25, 0.3) is 5.91 Å². The second-order valence-corrected chi connectivity index (χ2v) is 9.18. The summed E-state index contributed by atoms with van der Waals surface area (Å²) in [5, 5.41) is 0. The topological polar surface area (TPSA) is 66.9 Å². The van der Waals surface area contributed by atoms with E-state index in [0.717, 1.165) is 0 Å². The predicted molar refractivity (Wildman–Crippen MR) is 92.7 cm³/mol. The lowest BCUT2D eigenvalue weighted by molar-refractivity contribution is -0.118. The number of morpholine rings is 1. The number of hydrogen-bond donors (Lipinski definition) is 0. The molecule has 2 aliphatic heterocycles. The average molecular weight is 352 g/mol. The molecule has 1 aromatic rings. The Morgan fingerprint density at radius 1 is 1.33 bits per heavy atom. The van der Waals surface area contributed by atoms with Crippen LogP contribution in [0.15, 0.2) is 24.3 Å². The first-order valence-corrected chi connectivity index (χ1v) is 9.86. The molecule has 0 aromatic heterocycles. The van der Waals surface area contributed by atoms with Gasteiger partial charge in [0.2, 0.25) is 10.0 Å². The molecule has 0 spiro atoms. The highest BCUT2D eigenvalue weighted by Crippen LogP contribution is 2.27. The van der Waals surface area contributed by atoms with Crippen LogP contribution in [0.2, 0.25) is 0 Å². The molecule has 0 N–H and O–H groups in total. The number of benzene rings is 1. The van der Waals surface area contributed by atoms with E-state index in [1.165, 1.54) is 4.31 Å². The van der Waals surface area contributed by atoms with E-state index >= 15 is 0 Å². The number of amides is 1. The molecule has 0 aliphatic carbocycles. The average Bonchev–Trinajstić information content (AvgIpc) is 2.84. The van der Waals surface area contributed by atoms with E-state index in [9.17, 15) is 13.2 Å². The van der Waals surface area contributed by atoms with Gasteiger partial charge in [0.15, 0.2) is 0 Å². The minimum absolute atomic E-state index is 0.0279. The molecule has 7 heteroatoms. The molecule has 2 heterocycles. The van der Waals surface area contributed by atoms with Gasteiger partial charge < -0.3 is 9.64 Å². The van der Waals surface area contributed by atoms with Crippen LogP contribution in [0.3, 0.4) is 0 Å². The van der Waals surface area contributed by atoms with Crippen LogP contribution < -0.4 is 4.31 Å². The third-order valence-electron chi connectivity index (χ3n) is 4.34. The van der Waals surface area contributed by atoms with Crippen LogP contribution in [0.4, 0.5) is 5.69 Å².